The fourth-order valence-electron chi connectivity index (χ4n) is 2.43. The van der Waals surface area contributed by atoms with Gasteiger partial charge >= 0.3 is 0 Å². The van der Waals surface area contributed by atoms with Crippen molar-refractivity contribution < 1.29 is 14.0 Å². The molecule has 1 aliphatic rings. The Labute approximate surface area is 135 Å². The Morgan fingerprint density at radius 1 is 1.41 bits per heavy atom. The molecule has 1 atom stereocenters. The molecule has 1 aromatic rings. The van der Waals surface area contributed by atoms with Crippen LogP contribution in [0.2, 0.25) is 0 Å². The number of halogens is 2. The molecule has 7 heteroatoms. The van der Waals surface area contributed by atoms with Gasteiger partial charge in [0.2, 0.25) is 5.91 Å². The third kappa shape index (κ3) is 5.27. The normalized spacial score (nSPS) is 16.7. The first kappa shape index (κ1) is 18.4. The van der Waals surface area contributed by atoms with Gasteiger partial charge in [0.15, 0.2) is 0 Å². The largest absolute Gasteiger partial charge is 0.352 e. The van der Waals surface area contributed by atoms with E-state index in [0.717, 1.165) is 25.9 Å². The monoisotopic (exact) mass is 329 g/mol. The lowest BCUT2D eigenvalue weighted by Gasteiger charge is -2.11. The maximum Gasteiger partial charge on any atom is 0.254 e. The second kappa shape index (κ2) is 8.70. The number of carbonyl (C=O) groups excluding carboxylic acids is 2. The van der Waals surface area contributed by atoms with E-state index < -0.39 is 11.7 Å². The Kier molecular flexibility index (Phi) is 7.27. The van der Waals surface area contributed by atoms with Crippen LogP contribution in [0.15, 0.2) is 18.2 Å². The molecule has 1 aliphatic heterocycles. The molecule has 2 rings (SSSR count). The summed E-state index contributed by atoms with van der Waals surface area (Å²) in [6, 6.07) is 3.96. The fourth-order valence-corrected chi connectivity index (χ4v) is 2.43. The van der Waals surface area contributed by atoms with Crippen LogP contribution in [0.3, 0.4) is 0 Å². The van der Waals surface area contributed by atoms with Crippen LogP contribution in [-0.4, -0.2) is 31.4 Å². The first-order valence-electron chi connectivity index (χ1n) is 7.12. The summed E-state index contributed by atoms with van der Waals surface area (Å²) < 4.78 is 13.7. The van der Waals surface area contributed by atoms with Crippen LogP contribution in [0, 0.1) is 11.7 Å². The zero-order valence-electron chi connectivity index (χ0n) is 12.4. The van der Waals surface area contributed by atoms with Gasteiger partial charge in [-0.05, 0) is 50.0 Å². The topological polar surface area (TPSA) is 70.2 Å². The molecule has 0 saturated carbocycles. The van der Waals surface area contributed by atoms with Crippen molar-refractivity contribution in [2.24, 2.45) is 5.92 Å². The van der Waals surface area contributed by atoms with Gasteiger partial charge in [-0.15, -0.1) is 12.4 Å². The molecular weight excluding hydrogens is 309 g/mol. The van der Waals surface area contributed by atoms with E-state index >= 15 is 0 Å². The van der Waals surface area contributed by atoms with Gasteiger partial charge in [-0.3, -0.25) is 9.59 Å². The van der Waals surface area contributed by atoms with Crippen LogP contribution in [-0.2, 0) is 4.79 Å². The minimum absolute atomic E-state index is 0. The van der Waals surface area contributed by atoms with Gasteiger partial charge in [-0.2, -0.15) is 0 Å². The van der Waals surface area contributed by atoms with Crippen molar-refractivity contribution in [3.63, 3.8) is 0 Å². The molecule has 1 saturated heterocycles. The van der Waals surface area contributed by atoms with E-state index in [0.29, 0.717) is 18.2 Å². The summed E-state index contributed by atoms with van der Waals surface area (Å²) in [6.45, 7) is 3.88. The highest BCUT2D eigenvalue weighted by atomic mass is 35.5. The summed E-state index contributed by atoms with van der Waals surface area (Å²) in [6.07, 6.45) is 1.99. The highest BCUT2D eigenvalue weighted by Crippen LogP contribution is 2.15. The molecule has 122 valence electrons. The van der Waals surface area contributed by atoms with Crippen molar-refractivity contribution in [1.82, 2.24) is 10.6 Å². The first-order valence-corrected chi connectivity index (χ1v) is 7.12. The average molecular weight is 330 g/mol. The molecule has 0 radical (unpaired) electrons. The third-order valence-electron chi connectivity index (χ3n) is 3.53. The standard InChI is InChI=1S/C15H20FN3O2.ClH/c1-10(20)19-12-2-3-14(16)13(8-12)15(21)18-7-5-11-4-6-17-9-11;/h2-3,8,11,17H,4-7,9H2,1H3,(H,18,21)(H,19,20);1H. The smallest absolute Gasteiger partial charge is 0.254 e. The molecule has 0 spiro atoms. The molecule has 1 fully saturated rings. The molecule has 0 aliphatic carbocycles. The summed E-state index contributed by atoms with van der Waals surface area (Å²) in [5.74, 6) is -0.739. The zero-order chi connectivity index (χ0) is 15.2. The number of nitrogens with one attached hydrogen (secondary N) is 3. The van der Waals surface area contributed by atoms with E-state index in [1.807, 2.05) is 0 Å². The summed E-state index contributed by atoms with van der Waals surface area (Å²) in [5, 5.41) is 8.53. The molecular formula is C15H21ClFN3O2. The Bertz CT molecular complexity index is 534. The molecule has 22 heavy (non-hydrogen) atoms. The predicted octanol–water partition coefficient (Wildman–Crippen LogP) is 1.94. The number of hydrogen-bond donors (Lipinski definition) is 3. The molecule has 0 aromatic heterocycles. The molecule has 3 N–H and O–H groups in total. The van der Waals surface area contributed by atoms with Gasteiger partial charge in [0, 0.05) is 19.2 Å². The summed E-state index contributed by atoms with van der Waals surface area (Å²) in [7, 11) is 0. The van der Waals surface area contributed by atoms with Crippen LogP contribution in [0.5, 0.6) is 0 Å². The molecule has 5 nitrogen and oxygen atoms in total. The highest BCUT2D eigenvalue weighted by molar-refractivity contribution is 5.97. The van der Waals surface area contributed by atoms with Crippen molar-refractivity contribution in [3.8, 4) is 0 Å². The number of benzene rings is 1. The molecule has 2 amide bonds. The van der Waals surface area contributed by atoms with Crippen molar-refractivity contribution >= 4 is 29.9 Å². The average Bonchev–Trinajstić information content (AvgIpc) is 2.93. The van der Waals surface area contributed by atoms with E-state index in [9.17, 15) is 14.0 Å². The van der Waals surface area contributed by atoms with Crippen LogP contribution in [0.1, 0.15) is 30.1 Å². The summed E-state index contributed by atoms with van der Waals surface area (Å²) in [5.41, 5.74) is 0.361. The van der Waals surface area contributed by atoms with E-state index in [1.165, 1.54) is 25.1 Å². The van der Waals surface area contributed by atoms with E-state index in [1.54, 1.807) is 0 Å². The van der Waals surface area contributed by atoms with E-state index in [2.05, 4.69) is 16.0 Å². The summed E-state index contributed by atoms with van der Waals surface area (Å²) in [4.78, 5) is 23.0. The van der Waals surface area contributed by atoms with Crippen LogP contribution < -0.4 is 16.0 Å². The minimum atomic E-state index is -0.593. The second-order valence-corrected chi connectivity index (χ2v) is 5.28. The predicted molar refractivity (Wildman–Crippen MR) is 85.9 cm³/mol. The first-order chi connectivity index (χ1) is 10.1. The van der Waals surface area contributed by atoms with Gasteiger partial charge in [0.25, 0.3) is 5.91 Å². The van der Waals surface area contributed by atoms with E-state index in [-0.39, 0.29) is 23.9 Å². The molecule has 1 heterocycles. The fraction of sp³-hybridized carbons (Fsp3) is 0.467. The highest BCUT2D eigenvalue weighted by Gasteiger charge is 2.16. The number of amides is 2. The quantitative estimate of drug-likeness (QED) is 0.773. The van der Waals surface area contributed by atoms with Crippen LogP contribution in [0.4, 0.5) is 10.1 Å². The van der Waals surface area contributed by atoms with Crippen LogP contribution in [0.25, 0.3) is 0 Å². The Hall–Kier alpha value is -1.66. The Morgan fingerprint density at radius 3 is 2.82 bits per heavy atom. The maximum absolute atomic E-state index is 13.7. The van der Waals surface area contributed by atoms with Crippen LogP contribution >= 0.6 is 12.4 Å². The Balaban J connectivity index is 0.00000242. The molecule has 1 aromatic carbocycles. The number of hydrogen-bond acceptors (Lipinski definition) is 3. The molecule has 1 unspecified atom stereocenters. The second-order valence-electron chi connectivity index (χ2n) is 5.28. The third-order valence-corrected chi connectivity index (χ3v) is 3.53. The van der Waals surface area contributed by atoms with Crippen molar-refractivity contribution in [3.05, 3.63) is 29.6 Å². The van der Waals surface area contributed by atoms with Crippen molar-refractivity contribution in [1.29, 1.82) is 0 Å². The lowest BCUT2D eigenvalue weighted by atomic mass is 10.1. The minimum Gasteiger partial charge on any atom is -0.352 e. The number of carbonyl (C=O) groups is 2. The maximum atomic E-state index is 13.7. The van der Waals surface area contributed by atoms with Gasteiger partial charge in [-0.1, -0.05) is 0 Å². The Morgan fingerprint density at radius 2 is 2.18 bits per heavy atom. The van der Waals surface area contributed by atoms with Gasteiger partial charge in [-0.25, -0.2) is 4.39 Å². The molecule has 0 bridgehead atoms. The number of rotatable bonds is 5. The van der Waals surface area contributed by atoms with Gasteiger partial charge in [0.1, 0.15) is 5.82 Å². The van der Waals surface area contributed by atoms with Gasteiger partial charge in [0.05, 0.1) is 5.56 Å². The van der Waals surface area contributed by atoms with Crippen molar-refractivity contribution in [2.75, 3.05) is 25.0 Å². The zero-order valence-corrected chi connectivity index (χ0v) is 13.3. The van der Waals surface area contributed by atoms with Gasteiger partial charge < -0.3 is 16.0 Å². The summed E-state index contributed by atoms with van der Waals surface area (Å²) >= 11 is 0. The van der Waals surface area contributed by atoms with E-state index in [4.69, 9.17) is 0 Å². The SMILES string of the molecule is CC(=O)Nc1ccc(F)c(C(=O)NCCC2CCNC2)c1.Cl. The van der Waals surface area contributed by atoms with Crippen molar-refractivity contribution in [2.45, 2.75) is 19.8 Å². The lowest BCUT2D eigenvalue weighted by molar-refractivity contribution is -0.114. The number of anilines is 1. The lowest BCUT2D eigenvalue weighted by Crippen LogP contribution is -2.27.